The number of amides is 1. The van der Waals surface area contributed by atoms with Crippen LogP contribution in [0.2, 0.25) is 0 Å². The predicted molar refractivity (Wildman–Crippen MR) is 138 cm³/mol. The van der Waals surface area contributed by atoms with E-state index in [-0.39, 0.29) is 35.9 Å². The van der Waals surface area contributed by atoms with Crippen LogP contribution in [0, 0.1) is 10.1 Å². The molecule has 1 amide bonds. The highest BCUT2D eigenvalue weighted by Crippen LogP contribution is 2.29. The van der Waals surface area contributed by atoms with Crippen LogP contribution in [-0.2, 0) is 17.8 Å². The van der Waals surface area contributed by atoms with Gasteiger partial charge in [-0.15, -0.1) is 0 Å². The zero-order valence-corrected chi connectivity index (χ0v) is 20.5. The Hall–Kier alpha value is -3.71. The first-order valence-electron chi connectivity index (χ1n) is 11.8. The monoisotopic (exact) mass is 475 g/mol. The van der Waals surface area contributed by atoms with Crippen LogP contribution < -0.4 is 10.1 Å². The summed E-state index contributed by atoms with van der Waals surface area (Å²) in [4.78, 5) is 25.7. The van der Waals surface area contributed by atoms with Gasteiger partial charge in [0, 0.05) is 25.1 Å². The molecule has 0 fully saturated rings. The smallest absolute Gasteiger partial charge is 0.310 e. The lowest BCUT2D eigenvalue weighted by Crippen LogP contribution is -2.41. The molecule has 3 aromatic rings. The summed E-state index contributed by atoms with van der Waals surface area (Å²) in [6.45, 7) is 2.77. The number of hydrogen-bond acceptors (Lipinski definition) is 5. The van der Waals surface area contributed by atoms with Gasteiger partial charge in [-0.2, -0.15) is 0 Å². The van der Waals surface area contributed by atoms with Crippen LogP contribution in [0.5, 0.6) is 5.75 Å². The Morgan fingerprint density at radius 2 is 1.66 bits per heavy atom. The van der Waals surface area contributed by atoms with Crippen LogP contribution in [0.25, 0.3) is 0 Å². The number of likely N-dealkylation sites (N-methyl/N-ethyl adjacent to an activating group) is 1. The fourth-order valence-electron chi connectivity index (χ4n) is 3.88. The highest BCUT2D eigenvalue weighted by Gasteiger charge is 2.20. The molecule has 0 saturated heterocycles. The summed E-state index contributed by atoms with van der Waals surface area (Å²) >= 11 is 0. The lowest BCUT2D eigenvalue weighted by atomic mass is 9.97. The van der Waals surface area contributed by atoms with Gasteiger partial charge in [-0.05, 0) is 49.2 Å². The number of carbonyl (C=O) groups is 1. The molecule has 1 N–H and O–H groups in total. The highest BCUT2D eigenvalue weighted by molar-refractivity contribution is 5.76. The lowest BCUT2D eigenvalue weighted by molar-refractivity contribution is -0.386. The molecule has 2 unspecified atom stereocenters. The summed E-state index contributed by atoms with van der Waals surface area (Å²) in [5, 5.41) is 14.6. The number of ether oxygens (including phenoxy) is 1. The van der Waals surface area contributed by atoms with Crippen molar-refractivity contribution in [3.8, 4) is 5.75 Å². The van der Waals surface area contributed by atoms with Gasteiger partial charge in [0.15, 0.2) is 5.75 Å². The quantitative estimate of drug-likeness (QED) is 0.296. The van der Waals surface area contributed by atoms with E-state index in [2.05, 4.69) is 5.32 Å². The maximum absolute atomic E-state index is 12.6. The van der Waals surface area contributed by atoms with Crippen molar-refractivity contribution in [2.75, 3.05) is 20.6 Å². The van der Waals surface area contributed by atoms with E-state index in [0.717, 1.165) is 16.7 Å². The number of rotatable bonds is 12. The average molecular weight is 476 g/mol. The zero-order chi connectivity index (χ0) is 25.2. The molecule has 0 aliphatic rings. The largest absolute Gasteiger partial charge is 0.482 e. The number of carbonyl (C=O) groups excluding carboxylic acids is 1. The molecule has 3 rings (SSSR count). The second-order valence-electron chi connectivity index (χ2n) is 8.97. The average Bonchev–Trinajstić information content (AvgIpc) is 2.86. The van der Waals surface area contributed by atoms with Crippen LogP contribution in [0.4, 0.5) is 5.69 Å². The molecule has 3 aromatic carbocycles. The normalized spacial score (nSPS) is 12.7. The van der Waals surface area contributed by atoms with Crippen molar-refractivity contribution in [3.63, 3.8) is 0 Å². The minimum absolute atomic E-state index is 0.00351. The fourth-order valence-corrected chi connectivity index (χ4v) is 3.88. The van der Waals surface area contributed by atoms with E-state index >= 15 is 0 Å². The molecule has 0 spiro atoms. The molecule has 0 aliphatic carbocycles. The molecule has 0 radical (unpaired) electrons. The minimum Gasteiger partial charge on any atom is -0.482 e. The molecule has 0 heterocycles. The van der Waals surface area contributed by atoms with E-state index in [1.54, 1.807) is 12.1 Å². The molecule has 0 aromatic heterocycles. The third-order valence-corrected chi connectivity index (χ3v) is 6.05. The summed E-state index contributed by atoms with van der Waals surface area (Å²) in [5.41, 5.74) is 2.92. The maximum Gasteiger partial charge on any atom is 0.310 e. The third-order valence-electron chi connectivity index (χ3n) is 6.05. The molecule has 7 heteroatoms. The van der Waals surface area contributed by atoms with Crippen molar-refractivity contribution in [1.82, 2.24) is 10.2 Å². The Morgan fingerprint density at radius 1 is 1.00 bits per heavy atom. The SMILES string of the molecule is CC(CC(=O)NCC(Cc1ccc([N+](=O)[O-])c(OCc2ccccc2)c1)N(C)C)c1ccccc1. The van der Waals surface area contributed by atoms with Gasteiger partial charge in [-0.25, -0.2) is 0 Å². The van der Waals surface area contributed by atoms with Crippen LogP contribution in [0.1, 0.15) is 36.0 Å². The van der Waals surface area contributed by atoms with Gasteiger partial charge in [0.25, 0.3) is 0 Å². The molecule has 184 valence electrons. The highest BCUT2D eigenvalue weighted by atomic mass is 16.6. The molecule has 0 aliphatic heterocycles. The van der Waals surface area contributed by atoms with E-state index in [0.29, 0.717) is 19.4 Å². The first kappa shape index (κ1) is 25.9. The lowest BCUT2D eigenvalue weighted by Gasteiger charge is -2.25. The van der Waals surface area contributed by atoms with E-state index in [1.807, 2.05) is 86.6 Å². The number of benzene rings is 3. The van der Waals surface area contributed by atoms with Crippen molar-refractivity contribution < 1.29 is 14.5 Å². The standard InChI is InChI=1S/C28H33N3O4/c1-21(24-12-8-5-9-13-24)16-28(32)29-19-25(30(2)3)17-23-14-15-26(31(33)34)27(18-23)35-20-22-10-6-4-7-11-22/h4-15,18,21,25H,16-17,19-20H2,1-3H3,(H,29,32). The molecule has 7 nitrogen and oxygen atoms in total. The molecular formula is C28H33N3O4. The molecule has 2 atom stereocenters. The van der Waals surface area contributed by atoms with Gasteiger partial charge < -0.3 is 15.0 Å². The third kappa shape index (κ3) is 7.93. The summed E-state index contributed by atoms with van der Waals surface area (Å²) < 4.78 is 5.83. The summed E-state index contributed by atoms with van der Waals surface area (Å²) in [5.74, 6) is 0.381. The Kier molecular flexibility index (Phi) is 9.38. The first-order valence-corrected chi connectivity index (χ1v) is 11.8. The Labute approximate surface area is 206 Å². The van der Waals surface area contributed by atoms with Crippen LogP contribution in [-0.4, -0.2) is 42.4 Å². The summed E-state index contributed by atoms with van der Waals surface area (Å²) in [7, 11) is 3.92. The van der Waals surface area contributed by atoms with E-state index in [4.69, 9.17) is 4.74 Å². The van der Waals surface area contributed by atoms with Crippen molar-refractivity contribution in [2.45, 2.75) is 38.3 Å². The summed E-state index contributed by atoms with van der Waals surface area (Å²) in [6, 6.07) is 24.5. The number of nitrogens with zero attached hydrogens (tertiary/aromatic N) is 2. The van der Waals surface area contributed by atoms with Crippen LogP contribution in [0.15, 0.2) is 78.9 Å². The van der Waals surface area contributed by atoms with Crippen molar-refractivity contribution >= 4 is 11.6 Å². The van der Waals surface area contributed by atoms with Gasteiger partial charge >= 0.3 is 5.69 Å². The van der Waals surface area contributed by atoms with E-state index in [9.17, 15) is 14.9 Å². The second kappa shape index (κ2) is 12.7. The number of nitrogens with one attached hydrogen (secondary N) is 1. The Morgan fingerprint density at radius 3 is 2.29 bits per heavy atom. The minimum atomic E-state index is -0.429. The van der Waals surface area contributed by atoms with Gasteiger partial charge in [-0.1, -0.05) is 73.7 Å². The Bertz CT molecular complexity index is 1100. The zero-order valence-electron chi connectivity index (χ0n) is 20.5. The second-order valence-corrected chi connectivity index (χ2v) is 8.97. The van der Waals surface area contributed by atoms with Crippen LogP contribution in [0.3, 0.4) is 0 Å². The van der Waals surface area contributed by atoms with E-state index in [1.165, 1.54) is 6.07 Å². The Balaban J connectivity index is 1.63. The van der Waals surface area contributed by atoms with Gasteiger partial charge in [-0.3, -0.25) is 14.9 Å². The van der Waals surface area contributed by atoms with Crippen molar-refractivity contribution in [2.24, 2.45) is 0 Å². The first-order chi connectivity index (χ1) is 16.8. The summed E-state index contributed by atoms with van der Waals surface area (Å²) in [6.07, 6.45) is 1.03. The molecule has 0 saturated carbocycles. The molecule has 0 bridgehead atoms. The molecule has 35 heavy (non-hydrogen) atoms. The topological polar surface area (TPSA) is 84.7 Å². The number of hydrogen-bond donors (Lipinski definition) is 1. The van der Waals surface area contributed by atoms with Crippen molar-refractivity contribution in [3.05, 3.63) is 106 Å². The molecular weight excluding hydrogens is 442 g/mol. The number of nitro benzene ring substituents is 1. The number of nitro groups is 1. The van der Waals surface area contributed by atoms with Gasteiger partial charge in [0.2, 0.25) is 5.91 Å². The predicted octanol–water partition coefficient (Wildman–Crippen LogP) is 4.96. The maximum atomic E-state index is 12.6. The van der Waals surface area contributed by atoms with Gasteiger partial charge in [0.1, 0.15) is 6.61 Å². The fraction of sp³-hybridized carbons (Fsp3) is 0.321. The van der Waals surface area contributed by atoms with Crippen LogP contribution >= 0.6 is 0 Å². The van der Waals surface area contributed by atoms with E-state index < -0.39 is 4.92 Å². The van der Waals surface area contributed by atoms with Gasteiger partial charge in [0.05, 0.1) is 4.92 Å². The van der Waals surface area contributed by atoms with Crippen molar-refractivity contribution in [1.29, 1.82) is 0 Å².